The van der Waals surface area contributed by atoms with Crippen molar-refractivity contribution in [3.63, 3.8) is 0 Å². The van der Waals surface area contributed by atoms with E-state index in [0.29, 0.717) is 77.6 Å². The first-order chi connectivity index (χ1) is 15.3. The number of nitrogens with zero attached hydrogens (tertiary/aromatic N) is 1. The molecule has 3 aliphatic rings. The molecule has 0 amide bonds. The predicted molar refractivity (Wildman–Crippen MR) is 121 cm³/mol. The number of benzene rings is 1. The van der Waals surface area contributed by atoms with Crippen LogP contribution >= 0.6 is 23.2 Å². The van der Waals surface area contributed by atoms with Crippen molar-refractivity contribution in [3.8, 4) is 5.75 Å². The highest BCUT2D eigenvalue weighted by molar-refractivity contribution is 6.35. The SMILES string of the molecule is CCOc1c(Cl)cc(Cl)cc1C1C2=C(CCCC2=O)N(CCC(=O)O)C2=C1C(=O)CCC2. The molecule has 1 aromatic carbocycles. The van der Waals surface area contributed by atoms with Gasteiger partial charge >= 0.3 is 5.97 Å². The number of halogens is 2. The Hall–Kier alpha value is -2.31. The van der Waals surface area contributed by atoms with Crippen LogP contribution in [0.1, 0.15) is 63.4 Å². The van der Waals surface area contributed by atoms with Gasteiger partial charge in [-0.2, -0.15) is 0 Å². The number of carboxylic acid groups (broad SMARTS) is 1. The number of carboxylic acids is 1. The summed E-state index contributed by atoms with van der Waals surface area (Å²) in [5.41, 5.74) is 3.36. The van der Waals surface area contributed by atoms with Gasteiger partial charge in [-0.15, -0.1) is 0 Å². The molecule has 0 fully saturated rings. The fourth-order valence-electron chi connectivity index (χ4n) is 5.10. The van der Waals surface area contributed by atoms with Crippen molar-refractivity contribution in [2.45, 2.75) is 57.8 Å². The molecule has 8 heteroatoms. The molecule has 1 N–H and O–H groups in total. The molecular weight excluding hydrogens is 453 g/mol. The lowest BCUT2D eigenvalue weighted by Gasteiger charge is -2.44. The normalized spacial score (nSPS) is 19.3. The van der Waals surface area contributed by atoms with Gasteiger partial charge < -0.3 is 14.7 Å². The number of hydrogen-bond donors (Lipinski definition) is 1. The predicted octanol–water partition coefficient (Wildman–Crippen LogP) is 5.28. The Morgan fingerprint density at radius 1 is 1.06 bits per heavy atom. The van der Waals surface area contributed by atoms with Crippen LogP contribution in [0.15, 0.2) is 34.7 Å². The standard InChI is InChI=1S/C24H25Cl2NO5/c1-2-32-24-14(11-13(25)12-15(24)26)21-22-16(5-3-7-18(22)28)27(10-9-20(30)31)17-6-4-8-19(29)23(17)21/h11-12,21H,2-10H2,1H3,(H,30,31). The van der Waals surface area contributed by atoms with Crippen molar-refractivity contribution >= 4 is 40.7 Å². The molecule has 1 heterocycles. The molecule has 0 aromatic heterocycles. The minimum Gasteiger partial charge on any atom is -0.492 e. The topological polar surface area (TPSA) is 83.9 Å². The molecule has 0 bridgehead atoms. The third-order valence-corrected chi connectivity index (χ3v) is 6.77. The number of ketones is 2. The molecule has 0 saturated carbocycles. The van der Waals surface area contributed by atoms with Crippen LogP contribution in [0.25, 0.3) is 0 Å². The van der Waals surface area contributed by atoms with Gasteiger partial charge in [0.15, 0.2) is 11.6 Å². The van der Waals surface area contributed by atoms with Gasteiger partial charge in [0.25, 0.3) is 0 Å². The Bertz CT molecular complexity index is 1010. The van der Waals surface area contributed by atoms with Gasteiger partial charge in [0.2, 0.25) is 0 Å². The first kappa shape index (κ1) is 22.9. The highest BCUT2D eigenvalue weighted by Gasteiger charge is 2.44. The highest BCUT2D eigenvalue weighted by Crippen LogP contribution is 2.52. The molecule has 0 radical (unpaired) electrons. The fraction of sp³-hybridized carbons (Fsp3) is 0.458. The summed E-state index contributed by atoms with van der Waals surface area (Å²) in [4.78, 5) is 39.8. The number of aliphatic carboxylic acids is 1. The maximum atomic E-state index is 13.3. The van der Waals surface area contributed by atoms with Gasteiger partial charge in [-0.1, -0.05) is 23.2 Å². The molecule has 2 aliphatic carbocycles. The largest absolute Gasteiger partial charge is 0.492 e. The first-order valence-corrected chi connectivity index (χ1v) is 11.7. The maximum Gasteiger partial charge on any atom is 0.305 e. The lowest BCUT2D eigenvalue weighted by molar-refractivity contribution is -0.137. The van der Waals surface area contributed by atoms with Crippen LogP contribution in [0.4, 0.5) is 0 Å². The molecule has 1 aromatic rings. The zero-order valence-corrected chi connectivity index (χ0v) is 19.4. The Labute approximate surface area is 196 Å². The van der Waals surface area contributed by atoms with Crippen LogP contribution < -0.4 is 4.74 Å². The number of allylic oxidation sites excluding steroid dienone is 4. The molecule has 0 unspecified atom stereocenters. The van der Waals surface area contributed by atoms with Gasteiger partial charge in [0.1, 0.15) is 5.75 Å². The van der Waals surface area contributed by atoms with E-state index in [9.17, 15) is 19.5 Å². The van der Waals surface area contributed by atoms with Crippen molar-refractivity contribution in [3.05, 3.63) is 50.3 Å². The number of carbonyl (C=O) groups is 3. The van der Waals surface area contributed by atoms with E-state index in [4.69, 9.17) is 27.9 Å². The number of carbonyl (C=O) groups excluding carboxylic acids is 2. The molecular formula is C24H25Cl2NO5. The highest BCUT2D eigenvalue weighted by atomic mass is 35.5. The van der Waals surface area contributed by atoms with Crippen LogP contribution in [-0.4, -0.2) is 40.7 Å². The maximum absolute atomic E-state index is 13.3. The zero-order chi connectivity index (χ0) is 23.0. The van der Waals surface area contributed by atoms with Gasteiger partial charge in [-0.05, 0) is 44.7 Å². The van der Waals surface area contributed by atoms with Crippen LogP contribution in [0, 0.1) is 0 Å². The average Bonchev–Trinajstić information content (AvgIpc) is 2.73. The van der Waals surface area contributed by atoms with Gasteiger partial charge in [-0.3, -0.25) is 14.4 Å². The van der Waals surface area contributed by atoms with E-state index in [2.05, 4.69) is 0 Å². The van der Waals surface area contributed by atoms with Crippen LogP contribution in [0.3, 0.4) is 0 Å². The summed E-state index contributed by atoms with van der Waals surface area (Å²) in [6.45, 7) is 2.44. The molecule has 0 saturated heterocycles. The number of Topliss-reactive ketones (excluding diaryl/α,β-unsaturated/α-hetero) is 2. The van der Waals surface area contributed by atoms with E-state index >= 15 is 0 Å². The Morgan fingerprint density at radius 2 is 1.66 bits per heavy atom. The molecule has 6 nitrogen and oxygen atoms in total. The van der Waals surface area contributed by atoms with E-state index in [-0.39, 0.29) is 24.5 Å². The summed E-state index contributed by atoms with van der Waals surface area (Å²) in [5.74, 6) is -1.15. The van der Waals surface area contributed by atoms with E-state index in [1.54, 1.807) is 12.1 Å². The van der Waals surface area contributed by atoms with Crippen molar-refractivity contribution in [1.29, 1.82) is 0 Å². The summed E-state index contributed by atoms with van der Waals surface area (Å²) in [7, 11) is 0. The molecule has 0 spiro atoms. The third-order valence-electron chi connectivity index (χ3n) is 6.27. The summed E-state index contributed by atoms with van der Waals surface area (Å²) < 4.78 is 5.86. The quantitative estimate of drug-likeness (QED) is 0.599. The Kier molecular flexibility index (Phi) is 6.63. The third kappa shape index (κ3) is 4.06. The van der Waals surface area contributed by atoms with Crippen LogP contribution in [0.2, 0.25) is 10.0 Å². The zero-order valence-electron chi connectivity index (χ0n) is 17.9. The van der Waals surface area contributed by atoms with Crippen LogP contribution in [0.5, 0.6) is 5.75 Å². The minimum absolute atomic E-state index is 0.0277. The number of ether oxygens (including phenoxy) is 1. The Morgan fingerprint density at radius 3 is 2.19 bits per heavy atom. The molecule has 0 atom stereocenters. The van der Waals surface area contributed by atoms with Crippen molar-refractivity contribution in [2.24, 2.45) is 0 Å². The molecule has 1 aliphatic heterocycles. The second-order valence-corrected chi connectivity index (χ2v) is 9.09. The second kappa shape index (κ2) is 9.28. The molecule has 4 rings (SSSR count). The van der Waals surface area contributed by atoms with E-state index in [1.165, 1.54) is 0 Å². The van der Waals surface area contributed by atoms with Crippen molar-refractivity contribution in [2.75, 3.05) is 13.2 Å². The lowest BCUT2D eigenvalue weighted by Crippen LogP contribution is -2.40. The summed E-state index contributed by atoms with van der Waals surface area (Å²) in [6.07, 6.45) is 3.39. The second-order valence-electron chi connectivity index (χ2n) is 8.24. The number of hydrogen-bond acceptors (Lipinski definition) is 5. The van der Waals surface area contributed by atoms with Gasteiger partial charge in [0.05, 0.1) is 18.1 Å². The van der Waals surface area contributed by atoms with E-state index in [0.717, 1.165) is 11.4 Å². The van der Waals surface area contributed by atoms with Gasteiger partial charge in [-0.25, -0.2) is 0 Å². The summed E-state index contributed by atoms with van der Waals surface area (Å²) >= 11 is 12.8. The minimum atomic E-state index is -0.916. The molecule has 32 heavy (non-hydrogen) atoms. The Balaban J connectivity index is 1.98. The summed E-state index contributed by atoms with van der Waals surface area (Å²) in [5, 5.41) is 10.0. The first-order valence-electron chi connectivity index (χ1n) is 11.0. The fourth-order valence-corrected chi connectivity index (χ4v) is 5.66. The lowest BCUT2D eigenvalue weighted by atomic mass is 9.70. The molecule has 170 valence electrons. The van der Waals surface area contributed by atoms with Crippen molar-refractivity contribution < 1.29 is 24.2 Å². The number of rotatable bonds is 6. The summed E-state index contributed by atoms with van der Waals surface area (Å²) in [6, 6.07) is 3.32. The van der Waals surface area contributed by atoms with Crippen molar-refractivity contribution in [1.82, 2.24) is 4.90 Å². The van der Waals surface area contributed by atoms with E-state index < -0.39 is 11.9 Å². The smallest absolute Gasteiger partial charge is 0.305 e. The monoisotopic (exact) mass is 477 g/mol. The van der Waals surface area contributed by atoms with E-state index in [1.807, 2.05) is 11.8 Å². The van der Waals surface area contributed by atoms with Crippen LogP contribution in [-0.2, 0) is 14.4 Å². The average molecular weight is 478 g/mol. The van der Waals surface area contributed by atoms with Gasteiger partial charge in [0, 0.05) is 58.4 Å².